The fourth-order valence-electron chi connectivity index (χ4n) is 3.83. The Labute approximate surface area is 168 Å². The van der Waals surface area contributed by atoms with Crippen LogP contribution in [0, 0.1) is 0 Å². The van der Waals surface area contributed by atoms with Crippen molar-refractivity contribution in [3.05, 3.63) is 89.7 Å². The van der Waals surface area contributed by atoms with E-state index in [1.165, 1.54) is 10.8 Å². The van der Waals surface area contributed by atoms with Gasteiger partial charge in [0.2, 0.25) is 0 Å². The summed E-state index contributed by atoms with van der Waals surface area (Å²) < 4.78 is 1.97. The lowest BCUT2D eigenvalue weighted by atomic mass is 10.0. The lowest BCUT2D eigenvalue weighted by molar-refractivity contribution is 0.894. The third-order valence-corrected chi connectivity index (χ3v) is 5.34. The van der Waals surface area contributed by atoms with Crippen LogP contribution in [-0.4, -0.2) is 14.6 Å². The third-order valence-electron chi connectivity index (χ3n) is 5.10. The molecule has 0 atom stereocenters. The summed E-state index contributed by atoms with van der Waals surface area (Å²) in [6, 6.07) is 24.7. The van der Waals surface area contributed by atoms with Crippen LogP contribution in [0.15, 0.2) is 79.0 Å². The molecule has 136 valence electrons. The van der Waals surface area contributed by atoms with Crippen LogP contribution in [0.5, 0.6) is 0 Å². The van der Waals surface area contributed by atoms with E-state index in [0.29, 0.717) is 5.02 Å². The van der Waals surface area contributed by atoms with Gasteiger partial charge in [-0.2, -0.15) is 5.10 Å². The molecule has 0 saturated heterocycles. The molecule has 28 heavy (non-hydrogen) atoms. The summed E-state index contributed by atoms with van der Waals surface area (Å²) in [6.07, 6.45) is 2.68. The first-order chi connectivity index (χ1) is 13.8. The Bertz CT molecular complexity index is 1320. The molecule has 5 aromatic rings. The van der Waals surface area contributed by atoms with Crippen LogP contribution >= 0.6 is 11.6 Å². The predicted octanol–water partition coefficient (Wildman–Crippen LogP) is 6.43. The minimum absolute atomic E-state index is 0.712. The van der Waals surface area contributed by atoms with Crippen molar-refractivity contribution in [2.24, 2.45) is 0 Å². The average molecular weight is 384 g/mol. The van der Waals surface area contributed by atoms with Gasteiger partial charge in [0.25, 0.3) is 0 Å². The third kappa shape index (κ3) is 2.67. The fourth-order valence-corrected chi connectivity index (χ4v) is 4.02. The zero-order valence-electron chi connectivity index (χ0n) is 15.4. The summed E-state index contributed by atoms with van der Waals surface area (Å²) in [5.41, 5.74) is 6.14. The van der Waals surface area contributed by atoms with Crippen molar-refractivity contribution in [3.63, 3.8) is 0 Å². The SMILES string of the molecule is CCc1nn2c(-c3cccc4ccccc34)ccnc2c1-c1cccc(Cl)c1. The maximum atomic E-state index is 6.25. The predicted molar refractivity (Wildman–Crippen MR) is 116 cm³/mol. The monoisotopic (exact) mass is 383 g/mol. The van der Waals surface area contributed by atoms with E-state index in [2.05, 4.69) is 60.4 Å². The van der Waals surface area contributed by atoms with E-state index >= 15 is 0 Å². The number of hydrogen-bond acceptors (Lipinski definition) is 2. The van der Waals surface area contributed by atoms with E-state index in [-0.39, 0.29) is 0 Å². The van der Waals surface area contributed by atoms with Crippen molar-refractivity contribution in [2.45, 2.75) is 13.3 Å². The molecule has 4 heteroatoms. The Morgan fingerprint density at radius 3 is 2.61 bits per heavy atom. The quantitative estimate of drug-likeness (QED) is 0.359. The molecule has 0 spiro atoms. The first kappa shape index (κ1) is 17.0. The van der Waals surface area contributed by atoms with Gasteiger partial charge in [0, 0.05) is 22.3 Å². The molecule has 0 aliphatic heterocycles. The first-order valence-electron chi connectivity index (χ1n) is 9.37. The lowest BCUT2D eigenvalue weighted by Gasteiger charge is -2.09. The second-order valence-corrected chi connectivity index (χ2v) is 7.21. The number of halogens is 1. The highest BCUT2D eigenvalue weighted by atomic mass is 35.5. The highest BCUT2D eigenvalue weighted by molar-refractivity contribution is 6.30. The second-order valence-electron chi connectivity index (χ2n) is 6.78. The minimum atomic E-state index is 0.712. The van der Waals surface area contributed by atoms with Crippen LogP contribution in [0.3, 0.4) is 0 Å². The van der Waals surface area contributed by atoms with Crippen LogP contribution in [0.1, 0.15) is 12.6 Å². The van der Waals surface area contributed by atoms with Crippen molar-refractivity contribution in [3.8, 4) is 22.4 Å². The number of aromatic nitrogens is 3. The summed E-state index contributed by atoms with van der Waals surface area (Å²) in [4.78, 5) is 4.68. The van der Waals surface area contributed by atoms with Gasteiger partial charge in [-0.15, -0.1) is 0 Å². The molecular formula is C24H18ClN3. The minimum Gasteiger partial charge on any atom is -0.236 e. The largest absolute Gasteiger partial charge is 0.236 e. The Morgan fingerprint density at radius 1 is 0.929 bits per heavy atom. The number of aryl methyl sites for hydroxylation is 1. The van der Waals surface area contributed by atoms with Gasteiger partial charge in [-0.25, -0.2) is 9.50 Å². The topological polar surface area (TPSA) is 30.2 Å². The van der Waals surface area contributed by atoms with Gasteiger partial charge in [0.05, 0.1) is 11.4 Å². The summed E-state index contributed by atoms with van der Waals surface area (Å²) in [6.45, 7) is 2.12. The van der Waals surface area contributed by atoms with Crippen LogP contribution < -0.4 is 0 Å². The van der Waals surface area contributed by atoms with Gasteiger partial charge in [-0.3, -0.25) is 0 Å². The molecule has 0 unspecified atom stereocenters. The van der Waals surface area contributed by atoms with E-state index in [1.807, 2.05) is 35.0 Å². The molecule has 0 fully saturated rings. The van der Waals surface area contributed by atoms with Crippen LogP contribution in [0.2, 0.25) is 5.02 Å². The summed E-state index contributed by atoms with van der Waals surface area (Å²) in [5.74, 6) is 0. The summed E-state index contributed by atoms with van der Waals surface area (Å²) in [7, 11) is 0. The van der Waals surface area contributed by atoms with E-state index < -0.39 is 0 Å². The molecule has 3 aromatic carbocycles. The maximum Gasteiger partial charge on any atom is 0.163 e. The van der Waals surface area contributed by atoms with Crippen LogP contribution in [-0.2, 0) is 6.42 Å². The Morgan fingerprint density at radius 2 is 1.75 bits per heavy atom. The first-order valence-corrected chi connectivity index (χ1v) is 9.74. The van der Waals surface area contributed by atoms with Crippen molar-refractivity contribution in [1.82, 2.24) is 14.6 Å². The number of hydrogen-bond donors (Lipinski definition) is 0. The molecule has 5 rings (SSSR count). The number of nitrogens with zero attached hydrogens (tertiary/aromatic N) is 3. The molecule has 0 radical (unpaired) electrons. The molecule has 2 heterocycles. The molecule has 2 aromatic heterocycles. The number of benzene rings is 3. The highest BCUT2D eigenvalue weighted by Crippen LogP contribution is 2.34. The second kappa shape index (κ2) is 6.77. The van der Waals surface area contributed by atoms with Crippen molar-refractivity contribution in [1.29, 1.82) is 0 Å². The van der Waals surface area contributed by atoms with E-state index in [0.717, 1.165) is 40.1 Å². The van der Waals surface area contributed by atoms with Crippen molar-refractivity contribution >= 4 is 28.0 Å². The molecular weight excluding hydrogens is 366 g/mol. The van der Waals surface area contributed by atoms with Crippen LogP contribution in [0.25, 0.3) is 38.8 Å². The van der Waals surface area contributed by atoms with Gasteiger partial charge in [0.15, 0.2) is 5.65 Å². The lowest BCUT2D eigenvalue weighted by Crippen LogP contribution is -1.96. The van der Waals surface area contributed by atoms with Gasteiger partial charge < -0.3 is 0 Å². The Kier molecular flexibility index (Phi) is 4.10. The zero-order chi connectivity index (χ0) is 19.1. The molecule has 0 bridgehead atoms. The fraction of sp³-hybridized carbons (Fsp3) is 0.0833. The zero-order valence-corrected chi connectivity index (χ0v) is 16.2. The standard InChI is InChI=1S/C24H18ClN3/c1-2-21-23(17-9-5-10-18(25)15-17)24-26-14-13-22(28(24)27-21)20-12-6-8-16-7-3-4-11-19(16)20/h3-15H,2H2,1H3. The average Bonchev–Trinajstić information content (AvgIpc) is 3.12. The smallest absolute Gasteiger partial charge is 0.163 e. The van der Waals surface area contributed by atoms with E-state index in [1.54, 1.807) is 0 Å². The Hall–Kier alpha value is -3.17. The summed E-state index contributed by atoms with van der Waals surface area (Å²) >= 11 is 6.25. The number of fused-ring (bicyclic) bond motifs is 2. The molecule has 0 aliphatic rings. The maximum absolute atomic E-state index is 6.25. The molecule has 3 nitrogen and oxygen atoms in total. The van der Waals surface area contributed by atoms with Crippen molar-refractivity contribution in [2.75, 3.05) is 0 Å². The van der Waals surface area contributed by atoms with Crippen molar-refractivity contribution < 1.29 is 0 Å². The van der Waals surface area contributed by atoms with Gasteiger partial charge >= 0.3 is 0 Å². The molecule has 0 N–H and O–H groups in total. The Balaban J connectivity index is 1.83. The van der Waals surface area contributed by atoms with Gasteiger partial charge in [0.1, 0.15) is 0 Å². The summed E-state index contributed by atoms with van der Waals surface area (Å²) in [5, 5.41) is 8.06. The van der Waals surface area contributed by atoms with Gasteiger partial charge in [-0.05, 0) is 41.0 Å². The number of rotatable bonds is 3. The van der Waals surface area contributed by atoms with Gasteiger partial charge in [-0.1, -0.05) is 73.1 Å². The van der Waals surface area contributed by atoms with E-state index in [9.17, 15) is 0 Å². The van der Waals surface area contributed by atoms with E-state index in [4.69, 9.17) is 16.7 Å². The molecule has 0 aliphatic carbocycles. The van der Waals surface area contributed by atoms with Crippen LogP contribution in [0.4, 0.5) is 0 Å². The molecule has 0 saturated carbocycles. The molecule has 0 amide bonds. The normalized spacial score (nSPS) is 11.4. The highest BCUT2D eigenvalue weighted by Gasteiger charge is 2.18.